The number of nitrogens with zero attached hydrogens (tertiary/aromatic N) is 1. The molecule has 7 heteroatoms. The third-order valence-electron chi connectivity index (χ3n) is 4.03. The molecule has 1 aromatic carbocycles. The van der Waals surface area contributed by atoms with Crippen LogP contribution in [0.25, 0.3) is 0 Å². The number of amides is 2. The molecule has 0 unspecified atom stereocenters. The molecule has 1 aliphatic rings. The number of anilines is 2. The standard InChI is InChI=1S/C20H23N3O4/c1-3-26-17-12-16(23-20(25)14-7-5-6-10-21-14)18(27-4-2)11-15(17)22-19(24)13-8-9-13/h5-7,10-13H,3-4,8-9H2,1-2H3,(H,22,24)(H,23,25). The molecule has 27 heavy (non-hydrogen) atoms. The third kappa shape index (κ3) is 4.75. The molecule has 0 atom stereocenters. The van der Waals surface area contributed by atoms with E-state index in [-0.39, 0.29) is 17.7 Å². The van der Waals surface area contributed by atoms with Crippen molar-refractivity contribution in [1.82, 2.24) is 4.98 Å². The van der Waals surface area contributed by atoms with Crippen LogP contribution in [0.3, 0.4) is 0 Å². The number of carbonyl (C=O) groups excluding carboxylic acids is 2. The van der Waals surface area contributed by atoms with Gasteiger partial charge in [0.25, 0.3) is 5.91 Å². The summed E-state index contributed by atoms with van der Waals surface area (Å²) >= 11 is 0. The van der Waals surface area contributed by atoms with Gasteiger partial charge in [0.2, 0.25) is 5.91 Å². The van der Waals surface area contributed by atoms with Gasteiger partial charge in [-0.1, -0.05) is 6.07 Å². The van der Waals surface area contributed by atoms with Crippen LogP contribution < -0.4 is 20.1 Å². The lowest BCUT2D eigenvalue weighted by atomic mass is 10.2. The number of carbonyl (C=O) groups is 2. The van der Waals surface area contributed by atoms with Crippen LogP contribution in [-0.4, -0.2) is 30.0 Å². The summed E-state index contributed by atoms with van der Waals surface area (Å²) in [6, 6.07) is 8.46. The first kappa shape index (κ1) is 18.7. The van der Waals surface area contributed by atoms with Gasteiger partial charge in [0, 0.05) is 24.2 Å². The van der Waals surface area contributed by atoms with Crippen molar-refractivity contribution in [2.75, 3.05) is 23.8 Å². The molecule has 2 amide bonds. The molecular formula is C20H23N3O4. The second-order valence-corrected chi connectivity index (χ2v) is 6.14. The molecule has 0 spiro atoms. The summed E-state index contributed by atoms with van der Waals surface area (Å²) in [7, 11) is 0. The summed E-state index contributed by atoms with van der Waals surface area (Å²) in [6.45, 7) is 4.54. The second-order valence-electron chi connectivity index (χ2n) is 6.14. The van der Waals surface area contributed by atoms with Crippen molar-refractivity contribution in [3.63, 3.8) is 0 Å². The van der Waals surface area contributed by atoms with Gasteiger partial charge in [0.1, 0.15) is 17.2 Å². The quantitative estimate of drug-likeness (QED) is 0.744. The van der Waals surface area contributed by atoms with Crippen LogP contribution in [0, 0.1) is 5.92 Å². The zero-order valence-corrected chi connectivity index (χ0v) is 15.5. The molecule has 1 aliphatic carbocycles. The highest BCUT2D eigenvalue weighted by Crippen LogP contribution is 2.38. The van der Waals surface area contributed by atoms with Crippen LogP contribution in [0.15, 0.2) is 36.5 Å². The Hall–Kier alpha value is -3.09. The Bertz CT molecular complexity index is 819. The van der Waals surface area contributed by atoms with Crippen molar-refractivity contribution in [3.05, 3.63) is 42.2 Å². The first-order valence-electron chi connectivity index (χ1n) is 9.09. The summed E-state index contributed by atoms with van der Waals surface area (Å²) in [5, 5.41) is 5.71. The number of benzene rings is 1. The van der Waals surface area contributed by atoms with Crippen LogP contribution in [0.1, 0.15) is 37.2 Å². The number of pyridine rings is 1. The average Bonchev–Trinajstić information content (AvgIpc) is 3.51. The second kappa shape index (κ2) is 8.53. The van der Waals surface area contributed by atoms with E-state index in [9.17, 15) is 9.59 Å². The molecule has 0 radical (unpaired) electrons. The minimum atomic E-state index is -0.353. The maximum atomic E-state index is 12.5. The SMILES string of the molecule is CCOc1cc(NC(=O)C2CC2)c(OCC)cc1NC(=O)c1ccccn1. The Balaban J connectivity index is 1.90. The summed E-state index contributed by atoms with van der Waals surface area (Å²) in [5.74, 6) is 0.624. The zero-order valence-electron chi connectivity index (χ0n) is 15.5. The summed E-state index contributed by atoms with van der Waals surface area (Å²) in [6.07, 6.45) is 3.37. The highest BCUT2D eigenvalue weighted by atomic mass is 16.5. The molecule has 1 saturated carbocycles. The van der Waals surface area contributed by atoms with E-state index >= 15 is 0 Å². The summed E-state index contributed by atoms with van der Waals surface area (Å²) in [4.78, 5) is 28.7. The Morgan fingerprint density at radius 2 is 1.67 bits per heavy atom. The van der Waals surface area contributed by atoms with Gasteiger partial charge in [-0.25, -0.2) is 0 Å². The number of hydrogen-bond acceptors (Lipinski definition) is 5. The monoisotopic (exact) mass is 369 g/mol. The van der Waals surface area contributed by atoms with Gasteiger partial charge in [0.15, 0.2) is 0 Å². The number of hydrogen-bond donors (Lipinski definition) is 2. The van der Waals surface area contributed by atoms with Gasteiger partial charge in [0.05, 0.1) is 24.6 Å². The molecule has 0 aliphatic heterocycles. The smallest absolute Gasteiger partial charge is 0.274 e. The van der Waals surface area contributed by atoms with E-state index < -0.39 is 0 Å². The highest BCUT2D eigenvalue weighted by molar-refractivity contribution is 6.04. The van der Waals surface area contributed by atoms with E-state index in [0.717, 1.165) is 12.8 Å². The predicted octanol–water partition coefficient (Wildman–Crippen LogP) is 3.48. The van der Waals surface area contributed by atoms with Crippen LogP contribution in [0.4, 0.5) is 11.4 Å². The number of aromatic nitrogens is 1. The first-order chi connectivity index (χ1) is 13.1. The first-order valence-corrected chi connectivity index (χ1v) is 9.09. The molecular weight excluding hydrogens is 346 g/mol. The molecule has 0 saturated heterocycles. The Morgan fingerprint density at radius 3 is 2.19 bits per heavy atom. The van der Waals surface area contributed by atoms with Gasteiger partial charge >= 0.3 is 0 Å². The summed E-state index contributed by atoms with van der Waals surface area (Å²) in [5.41, 5.74) is 1.29. The van der Waals surface area contributed by atoms with Crippen molar-refractivity contribution in [1.29, 1.82) is 0 Å². The van der Waals surface area contributed by atoms with Crippen molar-refractivity contribution in [3.8, 4) is 11.5 Å². The molecule has 0 bridgehead atoms. The average molecular weight is 369 g/mol. The Morgan fingerprint density at radius 1 is 1.04 bits per heavy atom. The minimum Gasteiger partial charge on any atom is -0.492 e. The fraction of sp³-hybridized carbons (Fsp3) is 0.350. The van der Waals surface area contributed by atoms with Crippen LogP contribution in [0.5, 0.6) is 11.5 Å². The van der Waals surface area contributed by atoms with Crippen LogP contribution >= 0.6 is 0 Å². The van der Waals surface area contributed by atoms with Crippen molar-refractivity contribution in [2.24, 2.45) is 5.92 Å². The molecule has 2 N–H and O–H groups in total. The molecule has 2 aromatic rings. The van der Waals surface area contributed by atoms with Crippen molar-refractivity contribution in [2.45, 2.75) is 26.7 Å². The minimum absolute atomic E-state index is 0.0244. The largest absolute Gasteiger partial charge is 0.492 e. The third-order valence-corrected chi connectivity index (χ3v) is 4.03. The van der Waals surface area contributed by atoms with Gasteiger partial charge in [-0.05, 0) is 38.8 Å². The lowest BCUT2D eigenvalue weighted by molar-refractivity contribution is -0.117. The zero-order chi connectivity index (χ0) is 19.2. The van der Waals surface area contributed by atoms with Gasteiger partial charge < -0.3 is 20.1 Å². The van der Waals surface area contributed by atoms with Gasteiger partial charge in [-0.2, -0.15) is 0 Å². The van der Waals surface area contributed by atoms with E-state index in [1.165, 1.54) is 0 Å². The van der Waals surface area contributed by atoms with Crippen LogP contribution in [0.2, 0.25) is 0 Å². The Labute approximate surface area is 158 Å². The van der Waals surface area contributed by atoms with Crippen LogP contribution in [-0.2, 0) is 4.79 Å². The predicted molar refractivity (Wildman–Crippen MR) is 102 cm³/mol. The van der Waals surface area contributed by atoms with E-state index in [4.69, 9.17) is 9.47 Å². The molecule has 142 valence electrons. The van der Waals surface area contributed by atoms with Gasteiger partial charge in [-0.15, -0.1) is 0 Å². The normalized spacial score (nSPS) is 13.0. The Kier molecular flexibility index (Phi) is 5.90. The van der Waals surface area contributed by atoms with Gasteiger partial charge in [-0.3, -0.25) is 14.6 Å². The van der Waals surface area contributed by atoms with E-state index in [0.29, 0.717) is 41.8 Å². The fourth-order valence-corrected chi connectivity index (χ4v) is 2.57. The number of ether oxygens (including phenoxy) is 2. The topological polar surface area (TPSA) is 89.5 Å². The molecule has 1 aromatic heterocycles. The maximum Gasteiger partial charge on any atom is 0.274 e. The number of nitrogens with one attached hydrogen (secondary N) is 2. The van der Waals surface area contributed by atoms with E-state index in [1.807, 2.05) is 13.8 Å². The number of rotatable bonds is 8. The summed E-state index contributed by atoms with van der Waals surface area (Å²) < 4.78 is 11.3. The molecule has 1 heterocycles. The highest BCUT2D eigenvalue weighted by Gasteiger charge is 2.30. The van der Waals surface area contributed by atoms with Crippen molar-refractivity contribution >= 4 is 23.2 Å². The lowest BCUT2D eigenvalue weighted by Gasteiger charge is -2.17. The fourth-order valence-electron chi connectivity index (χ4n) is 2.57. The van der Waals surface area contributed by atoms with E-state index in [2.05, 4.69) is 15.6 Å². The molecule has 3 rings (SSSR count). The molecule has 7 nitrogen and oxygen atoms in total. The lowest BCUT2D eigenvalue weighted by Crippen LogP contribution is -2.17. The van der Waals surface area contributed by atoms with E-state index in [1.54, 1.807) is 36.5 Å². The van der Waals surface area contributed by atoms with Crippen molar-refractivity contribution < 1.29 is 19.1 Å². The molecule has 1 fully saturated rings. The maximum absolute atomic E-state index is 12.5.